The second-order valence-electron chi connectivity index (χ2n) is 6.25. The maximum Gasteiger partial charge on any atom is 0.282 e. The molecular formula is C19H27N2OS+. The fourth-order valence-corrected chi connectivity index (χ4v) is 3.77. The summed E-state index contributed by atoms with van der Waals surface area (Å²) in [5.74, 6) is 0.0912. The van der Waals surface area contributed by atoms with Crippen LogP contribution in [0, 0.1) is 20.8 Å². The second kappa shape index (κ2) is 7.75. The Morgan fingerprint density at radius 2 is 1.91 bits per heavy atom. The van der Waals surface area contributed by atoms with Gasteiger partial charge in [-0.2, -0.15) is 0 Å². The highest BCUT2D eigenvalue weighted by Crippen LogP contribution is 2.21. The number of likely N-dealkylation sites (N-methyl/N-ethyl adjacent to an activating group) is 1. The Bertz CT molecular complexity index is 641. The van der Waals surface area contributed by atoms with Gasteiger partial charge in [0.05, 0.1) is 11.4 Å². The Kier molecular flexibility index (Phi) is 5.97. The highest BCUT2D eigenvalue weighted by Gasteiger charge is 2.25. The van der Waals surface area contributed by atoms with Crippen LogP contribution in [0.1, 0.15) is 35.4 Å². The van der Waals surface area contributed by atoms with Crippen LogP contribution in [0.25, 0.3) is 0 Å². The van der Waals surface area contributed by atoms with Crippen molar-refractivity contribution in [2.24, 2.45) is 0 Å². The molecule has 4 heteroatoms. The number of amides is 1. The predicted octanol–water partition coefficient (Wildman–Crippen LogP) is 3.11. The Morgan fingerprint density at radius 3 is 2.43 bits per heavy atom. The van der Waals surface area contributed by atoms with E-state index in [0.29, 0.717) is 0 Å². The first-order valence-corrected chi connectivity index (χ1v) is 9.06. The molecule has 1 unspecified atom stereocenters. The molecule has 0 saturated heterocycles. The predicted molar refractivity (Wildman–Crippen MR) is 98.3 cm³/mol. The van der Waals surface area contributed by atoms with Crippen LogP contribution in [-0.2, 0) is 11.3 Å². The molecule has 124 valence electrons. The van der Waals surface area contributed by atoms with Crippen LogP contribution >= 0.6 is 11.3 Å². The van der Waals surface area contributed by atoms with Crippen molar-refractivity contribution < 1.29 is 9.69 Å². The number of quaternary nitrogens is 1. The number of hydrogen-bond donors (Lipinski definition) is 2. The van der Waals surface area contributed by atoms with Crippen LogP contribution in [0.3, 0.4) is 0 Å². The summed E-state index contributed by atoms with van der Waals surface area (Å²) in [6.45, 7) is 12.2. The van der Waals surface area contributed by atoms with Crippen LogP contribution in [0.15, 0.2) is 29.6 Å². The van der Waals surface area contributed by atoms with E-state index < -0.39 is 0 Å². The summed E-state index contributed by atoms with van der Waals surface area (Å²) in [6.07, 6.45) is 0. The van der Waals surface area contributed by atoms with Gasteiger partial charge in [0.25, 0.3) is 5.91 Å². The molecule has 1 aromatic heterocycles. The lowest BCUT2D eigenvalue weighted by molar-refractivity contribution is -0.925. The molecule has 1 heterocycles. The molecule has 23 heavy (non-hydrogen) atoms. The lowest BCUT2D eigenvalue weighted by Crippen LogP contribution is -3.15. The third-order valence-electron chi connectivity index (χ3n) is 4.37. The minimum absolute atomic E-state index is 0.0813. The number of hydrogen-bond acceptors (Lipinski definition) is 2. The van der Waals surface area contributed by atoms with E-state index in [1.54, 1.807) is 11.3 Å². The van der Waals surface area contributed by atoms with Crippen LogP contribution < -0.4 is 10.2 Å². The van der Waals surface area contributed by atoms with Gasteiger partial charge >= 0.3 is 0 Å². The highest BCUT2D eigenvalue weighted by atomic mass is 32.1. The Morgan fingerprint density at radius 1 is 1.26 bits per heavy atom. The van der Waals surface area contributed by atoms with E-state index in [1.807, 2.05) is 6.92 Å². The van der Waals surface area contributed by atoms with Crippen molar-refractivity contribution in [1.29, 1.82) is 0 Å². The quantitative estimate of drug-likeness (QED) is 0.838. The molecule has 2 aromatic rings. The smallest absolute Gasteiger partial charge is 0.282 e. The minimum Gasteiger partial charge on any atom is -0.321 e. The molecule has 2 atom stereocenters. The standard InChI is InChI=1S/C19H26N2OS/c1-6-21(12-17-8-7-9-23-17)16(5)19(22)20-18-14(3)10-13(2)11-15(18)4/h7-11,16H,6,12H2,1-5H3,(H,20,22)/p+1/t16-/m1/s1. The van der Waals surface area contributed by atoms with Crippen LogP contribution in [0.4, 0.5) is 5.69 Å². The first-order valence-electron chi connectivity index (χ1n) is 8.18. The summed E-state index contributed by atoms with van der Waals surface area (Å²) in [5.41, 5.74) is 4.43. The molecule has 0 aliphatic rings. The third-order valence-corrected chi connectivity index (χ3v) is 5.24. The van der Waals surface area contributed by atoms with Gasteiger partial charge in [0.15, 0.2) is 6.04 Å². The van der Waals surface area contributed by atoms with Crippen molar-refractivity contribution in [3.05, 3.63) is 51.2 Å². The first-order chi connectivity index (χ1) is 10.9. The van der Waals surface area contributed by atoms with E-state index in [4.69, 9.17) is 0 Å². The molecule has 0 aliphatic carbocycles. The Hall–Kier alpha value is -1.65. The molecule has 2 N–H and O–H groups in total. The Labute approximate surface area is 143 Å². The average Bonchev–Trinajstić information content (AvgIpc) is 3.00. The van der Waals surface area contributed by atoms with E-state index in [1.165, 1.54) is 15.3 Å². The van der Waals surface area contributed by atoms with Crippen molar-refractivity contribution in [3.63, 3.8) is 0 Å². The maximum absolute atomic E-state index is 12.7. The van der Waals surface area contributed by atoms with Crippen molar-refractivity contribution >= 4 is 22.9 Å². The van der Waals surface area contributed by atoms with Gasteiger partial charge in [-0.25, -0.2) is 0 Å². The molecule has 0 spiro atoms. The van der Waals surface area contributed by atoms with Gasteiger partial charge in [0.1, 0.15) is 6.54 Å². The van der Waals surface area contributed by atoms with Crippen LogP contribution in [-0.4, -0.2) is 18.5 Å². The third kappa shape index (κ3) is 4.43. The molecule has 0 bridgehead atoms. The summed E-state index contributed by atoms with van der Waals surface area (Å²) >= 11 is 1.75. The van der Waals surface area contributed by atoms with Gasteiger partial charge < -0.3 is 10.2 Å². The number of carbonyl (C=O) groups is 1. The van der Waals surface area contributed by atoms with E-state index in [-0.39, 0.29) is 11.9 Å². The maximum atomic E-state index is 12.7. The number of aryl methyl sites for hydroxylation is 3. The summed E-state index contributed by atoms with van der Waals surface area (Å²) in [5, 5.41) is 5.23. The van der Waals surface area contributed by atoms with Gasteiger partial charge in [-0.15, -0.1) is 11.3 Å². The van der Waals surface area contributed by atoms with Gasteiger partial charge in [-0.3, -0.25) is 4.79 Å². The number of rotatable bonds is 6. The van der Waals surface area contributed by atoms with E-state index in [9.17, 15) is 4.79 Å². The second-order valence-corrected chi connectivity index (χ2v) is 7.28. The van der Waals surface area contributed by atoms with E-state index in [0.717, 1.165) is 29.9 Å². The fraction of sp³-hybridized carbons (Fsp3) is 0.421. The molecular weight excluding hydrogens is 304 g/mol. The molecule has 1 amide bonds. The summed E-state index contributed by atoms with van der Waals surface area (Å²) in [6, 6.07) is 8.35. The van der Waals surface area contributed by atoms with Gasteiger partial charge in [0, 0.05) is 5.69 Å². The lowest BCUT2D eigenvalue weighted by atomic mass is 10.0. The summed E-state index contributed by atoms with van der Waals surface area (Å²) in [4.78, 5) is 15.3. The average molecular weight is 332 g/mol. The monoisotopic (exact) mass is 331 g/mol. The van der Waals surface area contributed by atoms with E-state index >= 15 is 0 Å². The van der Waals surface area contributed by atoms with Crippen molar-refractivity contribution in [2.45, 2.75) is 47.2 Å². The highest BCUT2D eigenvalue weighted by molar-refractivity contribution is 7.09. The van der Waals surface area contributed by atoms with Gasteiger partial charge in [0.2, 0.25) is 0 Å². The van der Waals surface area contributed by atoms with Gasteiger partial charge in [-0.1, -0.05) is 23.8 Å². The lowest BCUT2D eigenvalue weighted by Gasteiger charge is -2.24. The molecule has 0 saturated carbocycles. The van der Waals surface area contributed by atoms with Gasteiger partial charge in [-0.05, 0) is 57.2 Å². The molecule has 3 nitrogen and oxygen atoms in total. The number of carbonyl (C=O) groups excluding carboxylic acids is 1. The van der Waals surface area contributed by atoms with Crippen LogP contribution in [0.5, 0.6) is 0 Å². The zero-order valence-electron chi connectivity index (χ0n) is 14.7. The number of anilines is 1. The normalized spacial score (nSPS) is 13.6. The van der Waals surface area contributed by atoms with Crippen molar-refractivity contribution in [2.75, 3.05) is 11.9 Å². The molecule has 0 aliphatic heterocycles. The number of thiophene rings is 1. The van der Waals surface area contributed by atoms with Crippen LogP contribution in [0.2, 0.25) is 0 Å². The zero-order valence-corrected chi connectivity index (χ0v) is 15.5. The number of nitrogens with one attached hydrogen (secondary N) is 2. The largest absolute Gasteiger partial charge is 0.321 e. The van der Waals surface area contributed by atoms with Crippen molar-refractivity contribution in [3.8, 4) is 0 Å². The SMILES string of the molecule is CC[NH+](Cc1cccs1)[C@H](C)C(=O)Nc1c(C)cc(C)cc1C. The molecule has 0 fully saturated rings. The Balaban J connectivity index is 2.10. The first kappa shape index (κ1) is 17.7. The molecule has 1 aromatic carbocycles. The molecule has 0 radical (unpaired) electrons. The summed E-state index contributed by atoms with van der Waals surface area (Å²) < 4.78 is 0. The zero-order chi connectivity index (χ0) is 17.0. The summed E-state index contributed by atoms with van der Waals surface area (Å²) in [7, 11) is 0. The minimum atomic E-state index is -0.0813. The van der Waals surface area contributed by atoms with Crippen molar-refractivity contribution in [1.82, 2.24) is 0 Å². The van der Waals surface area contributed by atoms with E-state index in [2.05, 4.69) is 62.7 Å². The fourth-order valence-electron chi connectivity index (χ4n) is 3.02. The topological polar surface area (TPSA) is 33.5 Å². The molecule has 2 rings (SSSR count). The number of benzene rings is 1.